The smallest absolute Gasteiger partial charge is 0.275 e. The second-order valence-corrected chi connectivity index (χ2v) is 3.36. The van der Waals surface area contributed by atoms with Crippen molar-refractivity contribution in [2.75, 3.05) is 13.2 Å². The minimum Gasteiger partial charge on any atom is -0.469 e. The van der Waals surface area contributed by atoms with Crippen molar-refractivity contribution in [3.8, 4) is 0 Å². The molecule has 6 nitrogen and oxygen atoms in total. The molecule has 0 aromatic carbocycles. The van der Waals surface area contributed by atoms with Gasteiger partial charge in [0.15, 0.2) is 0 Å². The van der Waals surface area contributed by atoms with E-state index in [1.165, 1.54) is 12.5 Å². The largest absolute Gasteiger partial charge is 0.469 e. The van der Waals surface area contributed by atoms with Gasteiger partial charge >= 0.3 is 0 Å². The Morgan fingerprint density at radius 2 is 2.40 bits per heavy atom. The predicted molar refractivity (Wildman–Crippen MR) is 51.3 cm³/mol. The molecule has 0 saturated heterocycles. The van der Waals surface area contributed by atoms with E-state index in [1.54, 1.807) is 11.1 Å². The van der Waals surface area contributed by atoms with Crippen LogP contribution >= 0.6 is 0 Å². The molecule has 3 rings (SSSR count). The SMILES string of the molecule is O=C1NC2=C(NCNC2)N2C=COC=C12. The van der Waals surface area contributed by atoms with Crippen LogP contribution in [0.5, 0.6) is 0 Å². The minimum absolute atomic E-state index is 0.149. The highest BCUT2D eigenvalue weighted by Gasteiger charge is 2.31. The molecule has 0 radical (unpaired) electrons. The summed E-state index contributed by atoms with van der Waals surface area (Å²) in [6.07, 6.45) is 4.70. The van der Waals surface area contributed by atoms with E-state index < -0.39 is 0 Å². The van der Waals surface area contributed by atoms with Crippen LogP contribution in [0.25, 0.3) is 0 Å². The van der Waals surface area contributed by atoms with Crippen LogP contribution in [0.15, 0.2) is 35.9 Å². The number of hydrogen-bond donors (Lipinski definition) is 3. The number of fused-ring (bicyclic) bond motifs is 2. The first-order valence-corrected chi connectivity index (χ1v) is 4.67. The van der Waals surface area contributed by atoms with E-state index in [0.29, 0.717) is 18.9 Å². The van der Waals surface area contributed by atoms with Gasteiger partial charge in [0.1, 0.15) is 24.0 Å². The zero-order chi connectivity index (χ0) is 10.3. The first-order chi connectivity index (χ1) is 7.36. The van der Waals surface area contributed by atoms with Crippen LogP contribution in [-0.2, 0) is 9.53 Å². The maximum Gasteiger partial charge on any atom is 0.275 e. The highest BCUT2D eigenvalue weighted by Crippen LogP contribution is 2.23. The lowest BCUT2D eigenvalue weighted by Crippen LogP contribution is -2.52. The molecular weight excluding hydrogens is 196 g/mol. The standard InChI is InChI=1S/C9H10N4O2/c14-9-7-4-15-2-1-13(7)8-6(12-9)3-10-5-11-8/h1-2,4,10-11H,3,5H2,(H,12,14). The highest BCUT2D eigenvalue weighted by molar-refractivity contribution is 5.95. The fourth-order valence-electron chi connectivity index (χ4n) is 1.75. The molecular formula is C9H10N4O2. The maximum atomic E-state index is 11.7. The summed E-state index contributed by atoms with van der Waals surface area (Å²) >= 11 is 0. The number of rotatable bonds is 0. The number of hydrogen-bond acceptors (Lipinski definition) is 5. The van der Waals surface area contributed by atoms with Gasteiger partial charge in [-0.3, -0.25) is 15.0 Å². The Labute approximate surface area is 86.3 Å². The summed E-state index contributed by atoms with van der Waals surface area (Å²) < 4.78 is 4.98. The monoisotopic (exact) mass is 206 g/mol. The van der Waals surface area contributed by atoms with Crippen molar-refractivity contribution in [1.29, 1.82) is 0 Å². The number of nitrogens with one attached hydrogen (secondary N) is 3. The summed E-state index contributed by atoms with van der Waals surface area (Å²) in [7, 11) is 0. The average Bonchev–Trinajstić information content (AvgIpc) is 2.30. The molecule has 0 spiro atoms. The Hall–Kier alpha value is -1.95. The number of carbonyl (C=O) groups is 1. The first kappa shape index (κ1) is 8.37. The first-order valence-electron chi connectivity index (χ1n) is 4.67. The molecule has 0 unspecified atom stereocenters. The van der Waals surface area contributed by atoms with Crippen LogP contribution in [-0.4, -0.2) is 24.0 Å². The molecule has 0 aromatic rings. The molecule has 3 aliphatic rings. The highest BCUT2D eigenvalue weighted by atomic mass is 16.5. The van der Waals surface area contributed by atoms with Gasteiger partial charge in [0.05, 0.1) is 12.4 Å². The number of nitrogens with zero attached hydrogens (tertiary/aromatic N) is 1. The Morgan fingerprint density at radius 1 is 1.47 bits per heavy atom. The van der Waals surface area contributed by atoms with Gasteiger partial charge < -0.3 is 15.4 Å². The van der Waals surface area contributed by atoms with E-state index in [2.05, 4.69) is 16.0 Å². The minimum atomic E-state index is -0.149. The summed E-state index contributed by atoms with van der Waals surface area (Å²) in [5, 5.41) is 9.10. The lowest BCUT2D eigenvalue weighted by molar-refractivity contribution is -0.118. The zero-order valence-corrected chi connectivity index (χ0v) is 7.91. The van der Waals surface area contributed by atoms with Crippen LogP contribution in [0.1, 0.15) is 0 Å². The summed E-state index contributed by atoms with van der Waals surface area (Å²) in [6, 6.07) is 0. The predicted octanol–water partition coefficient (Wildman–Crippen LogP) is -0.920. The van der Waals surface area contributed by atoms with Crippen molar-refractivity contribution in [1.82, 2.24) is 20.9 Å². The van der Waals surface area contributed by atoms with Gasteiger partial charge in [0, 0.05) is 12.7 Å². The van der Waals surface area contributed by atoms with Crippen LogP contribution in [0.2, 0.25) is 0 Å². The molecule has 3 heterocycles. The Kier molecular flexibility index (Phi) is 1.69. The van der Waals surface area contributed by atoms with Crippen LogP contribution in [0.3, 0.4) is 0 Å². The second kappa shape index (κ2) is 3.03. The van der Waals surface area contributed by atoms with Crippen molar-refractivity contribution in [2.45, 2.75) is 0 Å². The van der Waals surface area contributed by atoms with E-state index in [1.807, 2.05) is 0 Å². The Bertz CT molecular complexity index is 410. The third-order valence-corrected chi connectivity index (χ3v) is 2.43. The van der Waals surface area contributed by atoms with Gasteiger partial charge in [-0.25, -0.2) is 0 Å². The van der Waals surface area contributed by atoms with Gasteiger partial charge in [0.25, 0.3) is 5.91 Å². The van der Waals surface area contributed by atoms with E-state index in [4.69, 9.17) is 4.74 Å². The zero-order valence-electron chi connectivity index (χ0n) is 7.91. The van der Waals surface area contributed by atoms with Crippen LogP contribution < -0.4 is 16.0 Å². The second-order valence-electron chi connectivity index (χ2n) is 3.36. The fraction of sp³-hybridized carbons (Fsp3) is 0.222. The molecule has 15 heavy (non-hydrogen) atoms. The molecule has 0 saturated carbocycles. The summed E-state index contributed by atoms with van der Waals surface area (Å²) in [4.78, 5) is 13.4. The molecule has 78 valence electrons. The van der Waals surface area contributed by atoms with Crippen molar-refractivity contribution < 1.29 is 9.53 Å². The lowest BCUT2D eigenvalue weighted by atomic mass is 10.2. The van der Waals surface area contributed by atoms with E-state index in [-0.39, 0.29) is 5.91 Å². The molecule has 0 fully saturated rings. The fourth-order valence-corrected chi connectivity index (χ4v) is 1.75. The van der Waals surface area contributed by atoms with Crippen molar-refractivity contribution in [3.63, 3.8) is 0 Å². The van der Waals surface area contributed by atoms with Gasteiger partial charge in [-0.15, -0.1) is 0 Å². The van der Waals surface area contributed by atoms with Crippen molar-refractivity contribution in [3.05, 3.63) is 35.9 Å². The summed E-state index contributed by atoms with van der Waals surface area (Å²) in [6.45, 7) is 1.35. The average molecular weight is 206 g/mol. The number of carbonyl (C=O) groups excluding carboxylic acids is 1. The van der Waals surface area contributed by atoms with Crippen LogP contribution in [0, 0.1) is 0 Å². The topological polar surface area (TPSA) is 65.6 Å². The summed E-state index contributed by atoms with van der Waals surface area (Å²) in [5.74, 6) is 0.753. The van der Waals surface area contributed by atoms with Crippen molar-refractivity contribution in [2.24, 2.45) is 0 Å². The Balaban J connectivity index is 2.06. The molecule has 3 aliphatic heterocycles. The van der Waals surface area contributed by atoms with E-state index in [0.717, 1.165) is 11.5 Å². The van der Waals surface area contributed by atoms with E-state index in [9.17, 15) is 4.79 Å². The molecule has 0 aromatic heterocycles. The van der Waals surface area contributed by atoms with Gasteiger partial charge in [0.2, 0.25) is 0 Å². The van der Waals surface area contributed by atoms with Gasteiger partial charge in [-0.2, -0.15) is 0 Å². The van der Waals surface area contributed by atoms with Gasteiger partial charge in [-0.1, -0.05) is 0 Å². The maximum absolute atomic E-state index is 11.7. The number of amides is 1. The quantitative estimate of drug-likeness (QED) is 0.478. The normalized spacial score (nSPS) is 23.3. The lowest BCUT2D eigenvalue weighted by Gasteiger charge is -2.36. The molecule has 0 bridgehead atoms. The van der Waals surface area contributed by atoms with E-state index >= 15 is 0 Å². The van der Waals surface area contributed by atoms with Gasteiger partial charge in [-0.05, 0) is 0 Å². The number of ether oxygens (including phenoxy) is 1. The Morgan fingerprint density at radius 3 is 3.33 bits per heavy atom. The molecule has 6 heteroatoms. The third kappa shape index (κ3) is 1.18. The molecule has 3 N–H and O–H groups in total. The molecule has 1 amide bonds. The molecule has 0 atom stereocenters. The molecule has 0 aliphatic carbocycles. The van der Waals surface area contributed by atoms with Crippen molar-refractivity contribution >= 4 is 5.91 Å². The summed E-state index contributed by atoms with van der Waals surface area (Å²) in [5.41, 5.74) is 1.35. The van der Waals surface area contributed by atoms with Crippen LogP contribution in [0.4, 0.5) is 0 Å². The third-order valence-electron chi connectivity index (χ3n) is 2.43.